The molecule has 2 aromatic rings. The van der Waals surface area contributed by atoms with Crippen LogP contribution in [0.3, 0.4) is 0 Å². The Morgan fingerprint density at radius 3 is 2.94 bits per heavy atom. The Bertz CT molecular complexity index is 468. The molecule has 0 aliphatic carbocycles. The van der Waals surface area contributed by atoms with E-state index in [1.54, 1.807) is 7.11 Å². The SMILES string of the molecule is COc1ccccc1CC(C)NCc1cn[nH]c1. The molecular weight excluding hydrogens is 226 g/mol. The van der Waals surface area contributed by atoms with Crippen LogP contribution >= 0.6 is 0 Å². The Morgan fingerprint density at radius 1 is 1.39 bits per heavy atom. The number of nitrogens with one attached hydrogen (secondary N) is 2. The van der Waals surface area contributed by atoms with Gasteiger partial charge in [0.2, 0.25) is 0 Å². The molecule has 4 heteroatoms. The van der Waals surface area contributed by atoms with E-state index in [2.05, 4.69) is 28.5 Å². The van der Waals surface area contributed by atoms with E-state index in [1.807, 2.05) is 30.6 Å². The van der Waals surface area contributed by atoms with Gasteiger partial charge in [0.25, 0.3) is 0 Å². The smallest absolute Gasteiger partial charge is 0.122 e. The van der Waals surface area contributed by atoms with Crippen LogP contribution in [0.25, 0.3) is 0 Å². The number of hydrogen-bond donors (Lipinski definition) is 2. The minimum absolute atomic E-state index is 0.385. The zero-order valence-electron chi connectivity index (χ0n) is 10.8. The van der Waals surface area contributed by atoms with Crippen molar-refractivity contribution in [1.29, 1.82) is 0 Å². The van der Waals surface area contributed by atoms with Crippen molar-refractivity contribution in [2.24, 2.45) is 0 Å². The van der Waals surface area contributed by atoms with Crippen LogP contribution in [0.2, 0.25) is 0 Å². The second-order valence-corrected chi connectivity index (χ2v) is 4.40. The molecule has 0 fully saturated rings. The van der Waals surface area contributed by atoms with Gasteiger partial charge in [0.1, 0.15) is 5.75 Å². The largest absolute Gasteiger partial charge is 0.496 e. The molecule has 2 N–H and O–H groups in total. The van der Waals surface area contributed by atoms with Crippen molar-refractivity contribution in [1.82, 2.24) is 15.5 Å². The molecule has 1 heterocycles. The lowest BCUT2D eigenvalue weighted by Crippen LogP contribution is -2.27. The Kier molecular flexibility index (Phi) is 4.36. The van der Waals surface area contributed by atoms with Gasteiger partial charge >= 0.3 is 0 Å². The summed E-state index contributed by atoms with van der Waals surface area (Å²) in [7, 11) is 1.71. The third-order valence-electron chi connectivity index (χ3n) is 2.93. The molecule has 1 aromatic heterocycles. The fourth-order valence-corrected chi connectivity index (χ4v) is 1.94. The summed E-state index contributed by atoms with van der Waals surface area (Å²) in [4.78, 5) is 0. The van der Waals surface area contributed by atoms with Gasteiger partial charge in [-0.15, -0.1) is 0 Å². The Balaban J connectivity index is 1.88. The summed E-state index contributed by atoms with van der Waals surface area (Å²) in [6, 6.07) is 8.52. The van der Waals surface area contributed by atoms with E-state index in [1.165, 1.54) is 11.1 Å². The summed E-state index contributed by atoms with van der Waals surface area (Å²) in [6.45, 7) is 3.00. The maximum Gasteiger partial charge on any atom is 0.122 e. The summed E-state index contributed by atoms with van der Waals surface area (Å²) in [5.74, 6) is 0.953. The second-order valence-electron chi connectivity index (χ2n) is 4.40. The average molecular weight is 245 g/mol. The number of aromatic amines is 1. The van der Waals surface area contributed by atoms with Crippen LogP contribution in [0, 0.1) is 0 Å². The van der Waals surface area contributed by atoms with E-state index in [0.717, 1.165) is 18.7 Å². The normalized spacial score (nSPS) is 12.3. The number of H-pyrrole nitrogens is 1. The fourth-order valence-electron chi connectivity index (χ4n) is 1.94. The molecule has 0 radical (unpaired) electrons. The summed E-state index contributed by atoms with van der Waals surface area (Å²) in [6.07, 6.45) is 4.69. The molecule has 0 spiro atoms. The van der Waals surface area contributed by atoms with Crippen LogP contribution < -0.4 is 10.1 Å². The number of aromatic nitrogens is 2. The summed E-state index contributed by atoms with van der Waals surface area (Å²) >= 11 is 0. The Labute approximate surface area is 107 Å². The molecule has 0 amide bonds. The Morgan fingerprint density at radius 2 is 2.22 bits per heavy atom. The number of nitrogens with zero attached hydrogens (tertiary/aromatic N) is 1. The molecule has 1 aromatic carbocycles. The van der Waals surface area contributed by atoms with E-state index in [0.29, 0.717) is 6.04 Å². The van der Waals surface area contributed by atoms with E-state index >= 15 is 0 Å². The third kappa shape index (κ3) is 3.34. The lowest BCUT2D eigenvalue weighted by atomic mass is 10.1. The van der Waals surface area contributed by atoms with Gasteiger partial charge in [-0.1, -0.05) is 18.2 Å². The Hall–Kier alpha value is -1.81. The quantitative estimate of drug-likeness (QED) is 0.819. The minimum Gasteiger partial charge on any atom is -0.496 e. The zero-order valence-corrected chi connectivity index (χ0v) is 10.8. The van der Waals surface area contributed by atoms with Crippen LogP contribution in [0.1, 0.15) is 18.1 Å². The van der Waals surface area contributed by atoms with Crippen LogP contribution in [0.15, 0.2) is 36.7 Å². The van der Waals surface area contributed by atoms with Crippen molar-refractivity contribution in [3.05, 3.63) is 47.8 Å². The van der Waals surface area contributed by atoms with Crippen molar-refractivity contribution < 1.29 is 4.74 Å². The zero-order chi connectivity index (χ0) is 12.8. The molecule has 2 rings (SSSR count). The molecule has 18 heavy (non-hydrogen) atoms. The van der Waals surface area contributed by atoms with E-state index < -0.39 is 0 Å². The molecule has 0 saturated heterocycles. The summed E-state index contributed by atoms with van der Waals surface area (Å²) in [5, 5.41) is 10.2. The van der Waals surface area contributed by atoms with Crippen LogP contribution in [0.5, 0.6) is 5.75 Å². The number of benzene rings is 1. The van der Waals surface area contributed by atoms with Crippen molar-refractivity contribution in [3.63, 3.8) is 0 Å². The lowest BCUT2D eigenvalue weighted by molar-refractivity contribution is 0.406. The van der Waals surface area contributed by atoms with Gasteiger partial charge in [-0.05, 0) is 25.0 Å². The number of methoxy groups -OCH3 is 1. The lowest BCUT2D eigenvalue weighted by Gasteiger charge is -2.15. The van der Waals surface area contributed by atoms with E-state index in [9.17, 15) is 0 Å². The first kappa shape index (κ1) is 12.6. The van der Waals surface area contributed by atoms with Crippen molar-refractivity contribution in [3.8, 4) is 5.75 Å². The molecule has 0 bridgehead atoms. The highest BCUT2D eigenvalue weighted by molar-refractivity contribution is 5.33. The van der Waals surface area contributed by atoms with Gasteiger partial charge in [0.15, 0.2) is 0 Å². The molecule has 96 valence electrons. The topological polar surface area (TPSA) is 49.9 Å². The number of rotatable bonds is 6. The van der Waals surface area contributed by atoms with Gasteiger partial charge in [0, 0.05) is 24.3 Å². The summed E-state index contributed by atoms with van der Waals surface area (Å²) in [5.41, 5.74) is 2.40. The van der Waals surface area contributed by atoms with E-state index in [-0.39, 0.29) is 0 Å². The predicted molar refractivity (Wildman–Crippen MR) is 71.6 cm³/mol. The highest BCUT2D eigenvalue weighted by Crippen LogP contribution is 2.18. The van der Waals surface area contributed by atoms with Crippen molar-refractivity contribution in [2.75, 3.05) is 7.11 Å². The van der Waals surface area contributed by atoms with Gasteiger partial charge in [-0.2, -0.15) is 5.10 Å². The minimum atomic E-state index is 0.385. The van der Waals surface area contributed by atoms with Crippen molar-refractivity contribution in [2.45, 2.75) is 25.9 Å². The first-order chi connectivity index (χ1) is 8.79. The van der Waals surface area contributed by atoms with Gasteiger partial charge in [-0.3, -0.25) is 5.10 Å². The second kappa shape index (κ2) is 6.21. The fraction of sp³-hybridized carbons (Fsp3) is 0.357. The monoisotopic (exact) mass is 245 g/mol. The van der Waals surface area contributed by atoms with Gasteiger partial charge in [-0.25, -0.2) is 0 Å². The molecule has 4 nitrogen and oxygen atoms in total. The maximum atomic E-state index is 5.35. The molecule has 1 atom stereocenters. The van der Waals surface area contributed by atoms with Gasteiger partial charge in [0.05, 0.1) is 13.3 Å². The average Bonchev–Trinajstić information content (AvgIpc) is 2.90. The number of ether oxygens (including phenoxy) is 1. The van der Waals surface area contributed by atoms with Gasteiger partial charge < -0.3 is 10.1 Å². The van der Waals surface area contributed by atoms with Crippen LogP contribution in [-0.4, -0.2) is 23.3 Å². The van der Waals surface area contributed by atoms with E-state index in [4.69, 9.17) is 4.74 Å². The first-order valence-corrected chi connectivity index (χ1v) is 6.12. The molecular formula is C14H19N3O. The first-order valence-electron chi connectivity index (χ1n) is 6.12. The molecule has 0 aliphatic rings. The van der Waals surface area contributed by atoms with Crippen LogP contribution in [0.4, 0.5) is 0 Å². The third-order valence-corrected chi connectivity index (χ3v) is 2.93. The number of para-hydroxylation sites is 1. The molecule has 0 saturated carbocycles. The molecule has 1 unspecified atom stereocenters. The standard InChI is InChI=1S/C14H19N3O/c1-11(15-8-12-9-16-17-10-12)7-13-5-3-4-6-14(13)18-2/h3-6,9-11,15H,7-8H2,1-2H3,(H,16,17). The predicted octanol–water partition coefficient (Wildman–Crippen LogP) is 2.14. The maximum absolute atomic E-state index is 5.35. The van der Waals surface area contributed by atoms with Crippen molar-refractivity contribution >= 4 is 0 Å². The summed E-state index contributed by atoms with van der Waals surface area (Å²) < 4.78 is 5.35. The van der Waals surface area contributed by atoms with Crippen LogP contribution in [-0.2, 0) is 13.0 Å². The number of hydrogen-bond acceptors (Lipinski definition) is 3. The highest BCUT2D eigenvalue weighted by Gasteiger charge is 2.07. The molecule has 0 aliphatic heterocycles. The highest BCUT2D eigenvalue weighted by atomic mass is 16.5.